The van der Waals surface area contributed by atoms with E-state index in [2.05, 4.69) is 16.2 Å². The molecule has 144 valence electrons. The molecule has 0 aromatic heterocycles. The number of carbonyl (C=O) groups excluding carboxylic acids is 1. The molecule has 2 rings (SSSR count). The zero-order chi connectivity index (χ0) is 20.2. The van der Waals surface area contributed by atoms with Crippen LogP contribution in [-0.2, 0) is 10.0 Å². The van der Waals surface area contributed by atoms with Gasteiger partial charge in [-0.15, -0.1) is 0 Å². The van der Waals surface area contributed by atoms with Crippen molar-refractivity contribution < 1.29 is 13.2 Å². The molecule has 2 aromatic carbocycles. The highest BCUT2D eigenvalue weighted by atomic mass is 32.2. The standard InChI is InChI=1S/C18H22N4O3S2/c1-12-8-9-13(2)16(10-12)19-18(26)21-20-17(23)14-6-5-7-15(11-14)27(24,25)22(3)4/h5-11H,1-4H3,(H,20,23)(H2,19,21,26). The second kappa shape index (κ2) is 8.47. The maximum Gasteiger partial charge on any atom is 0.269 e. The Morgan fingerprint density at radius 2 is 1.74 bits per heavy atom. The first-order valence-electron chi connectivity index (χ1n) is 8.08. The Kier molecular flexibility index (Phi) is 6.53. The molecule has 0 saturated carbocycles. The zero-order valence-electron chi connectivity index (χ0n) is 15.5. The van der Waals surface area contributed by atoms with Crippen molar-refractivity contribution in [2.24, 2.45) is 0 Å². The molecule has 0 atom stereocenters. The molecule has 0 aliphatic carbocycles. The number of aryl methyl sites for hydroxylation is 2. The Bertz CT molecular complexity index is 972. The van der Waals surface area contributed by atoms with E-state index in [-0.39, 0.29) is 15.6 Å². The summed E-state index contributed by atoms with van der Waals surface area (Å²) in [4.78, 5) is 12.3. The maximum atomic E-state index is 12.3. The first kappa shape index (κ1) is 20.8. The molecule has 3 N–H and O–H groups in total. The highest BCUT2D eigenvalue weighted by Crippen LogP contribution is 2.16. The van der Waals surface area contributed by atoms with Crippen LogP contribution in [-0.4, -0.2) is 37.8 Å². The van der Waals surface area contributed by atoms with Crippen molar-refractivity contribution in [1.82, 2.24) is 15.2 Å². The molecule has 0 unspecified atom stereocenters. The second-order valence-electron chi connectivity index (χ2n) is 6.17. The number of nitrogens with one attached hydrogen (secondary N) is 3. The molecule has 7 nitrogen and oxygen atoms in total. The molecule has 0 spiro atoms. The van der Waals surface area contributed by atoms with Crippen LogP contribution in [0.5, 0.6) is 0 Å². The van der Waals surface area contributed by atoms with Gasteiger partial charge in [0.15, 0.2) is 5.11 Å². The first-order valence-corrected chi connectivity index (χ1v) is 9.93. The van der Waals surface area contributed by atoms with E-state index in [1.807, 2.05) is 32.0 Å². The number of thiocarbonyl (C=S) groups is 1. The SMILES string of the molecule is Cc1ccc(C)c(NC(=S)NNC(=O)c2cccc(S(=O)(=O)N(C)C)c2)c1. The molecule has 0 aliphatic rings. The number of sulfonamides is 1. The smallest absolute Gasteiger partial charge is 0.269 e. The summed E-state index contributed by atoms with van der Waals surface area (Å²) in [6.45, 7) is 3.91. The lowest BCUT2D eigenvalue weighted by Crippen LogP contribution is -2.43. The van der Waals surface area contributed by atoms with Crippen LogP contribution in [0.15, 0.2) is 47.4 Å². The van der Waals surface area contributed by atoms with E-state index < -0.39 is 15.9 Å². The lowest BCUT2D eigenvalue weighted by atomic mass is 10.1. The van der Waals surface area contributed by atoms with Crippen LogP contribution in [0.2, 0.25) is 0 Å². The van der Waals surface area contributed by atoms with Crippen LogP contribution in [0, 0.1) is 13.8 Å². The Morgan fingerprint density at radius 1 is 1.04 bits per heavy atom. The second-order valence-corrected chi connectivity index (χ2v) is 8.73. The summed E-state index contributed by atoms with van der Waals surface area (Å²) < 4.78 is 25.5. The van der Waals surface area contributed by atoms with Crippen LogP contribution >= 0.6 is 12.2 Å². The molecule has 2 aromatic rings. The summed E-state index contributed by atoms with van der Waals surface area (Å²) in [7, 11) is -0.756. The fourth-order valence-electron chi connectivity index (χ4n) is 2.22. The minimum absolute atomic E-state index is 0.0382. The molecule has 0 bridgehead atoms. The number of amides is 1. The highest BCUT2D eigenvalue weighted by molar-refractivity contribution is 7.89. The summed E-state index contributed by atoms with van der Waals surface area (Å²) in [6, 6.07) is 11.7. The van der Waals surface area contributed by atoms with Crippen molar-refractivity contribution in [1.29, 1.82) is 0 Å². The number of benzene rings is 2. The third kappa shape index (κ3) is 5.25. The van der Waals surface area contributed by atoms with E-state index in [1.165, 1.54) is 38.4 Å². The largest absolute Gasteiger partial charge is 0.331 e. The molecular formula is C18H22N4O3S2. The third-order valence-electron chi connectivity index (χ3n) is 3.81. The zero-order valence-corrected chi connectivity index (χ0v) is 17.2. The van der Waals surface area contributed by atoms with Gasteiger partial charge in [0.1, 0.15) is 0 Å². The molecule has 9 heteroatoms. The molecular weight excluding hydrogens is 384 g/mol. The Morgan fingerprint density at radius 3 is 2.41 bits per heavy atom. The minimum Gasteiger partial charge on any atom is -0.331 e. The van der Waals surface area contributed by atoms with E-state index in [9.17, 15) is 13.2 Å². The molecule has 0 saturated heterocycles. The van der Waals surface area contributed by atoms with Gasteiger partial charge in [0.05, 0.1) is 4.90 Å². The number of anilines is 1. The Labute approximate surface area is 164 Å². The lowest BCUT2D eigenvalue weighted by Gasteiger charge is -2.15. The number of hydrogen-bond acceptors (Lipinski definition) is 4. The number of hydrogen-bond donors (Lipinski definition) is 3. The fraction of sp³-hybridized carbons (Fsp3) is 0.222. The van der Waals surface area contributed by atoms with Crippen molar-refractivity contribution >= 4 is 38.9 Å². The number of carbonyl (C=O) groups is 1. The predicted octanol–water partition coefficient (Wildman–Crippen LogP) is 2.19. The van der Waals surface area contributed by atoms with Crippen molar-refractivity contribution in [3.8, 4) is 0 Å². The predicted molar refractivity (Wildman–Crippen MR) is 110 cm³/mol. The molecule has 27 heavy (non-hydrogen) atoms. The van der Waals surface area contributed by atoms with E-state index in [0.717, 1.165) is 21.1 Å². The van der Waals surface area contributed by atoms with Crippen molar-refractivity contribution in [3.05, 3.63) is 59.2 Å². The Hall–Kier alpha value is -2.49. The van der Waals surface area contributed by atoms with Gasteiger partial charge in [-0.2, -0.15) is 0 Å². The monoisotopic (exact) mass is 406 g/mol. The van der Waals surface area contributed by atoms with Crippen molar-refractivity contribution in [2.75, 3.05) is 19.4 Å². The minimum atomic E-state index is -3.62. The van der Waals surface area contributed by atoms with Crippen LogP contribution < -0.4 is 16.2 Å². The van der Waals surface area contributed by atoms with Crippen LogP contribution in [0.4, 0.5) is 5.69 Å². The fourth-order valence-corrected chi connectivity index (χ4v) is 3.33. The summed E-state index contributed by atoms with van der Waals surface area (Å²) in [6.07, 6.45) is 0. The van der Waals surface area contributed by atoms with Crippen molar-refractivity contribution in [2.45, 2.75) is 18.7 Å². The lowest BCUT2D eigenvalue weighted by molar-refractivity contribution is 0.0944. The summed E-state index contributed by atoms with van der Waals surface area (Å²) in [5.74, 6) is -0.504. The summed E-state index contributed by atoms with van der Waals surface area (Å²) in [5.41, 5.74) is 8.20. The topological polar surface area (TPSA) is 90.5 Å². The summed E-state index contributed by atoms with van der Waals surface area (Å²) >= 11 is 5.19. The average Bonchev–Trinajstić information content (AvgIpc) is 2.62. The molecule has 0 heterocycles. The van der Waals surface area contributed by atoms with Crippen LogP contribution in [0.1, 0.15) is 21.5 Å². The number of nitrogens with zero attached hydrogens (tertiary/aromatic N) is 1. The number of rotatable bonds is 4. The van der Waals surface area contributed by atoms with Gasteiger partial charge < -0.3 is 5.32 Å². The average molecular weight is 407 g/mol. The van der Waals surface area contributed by atoms with Gasteiger partial charge in [-0.1, -0.05) is 18.2 Å². The molecule has 0 fully saturated rings. The van der Waals surface area contributed by atoms with Gasteiger partial charge in [-0.25, -0.2) is 12.7 Å². The van der Waals surface area contributed by atoms with Gasteiger partial charge in [0.2, 0.25) is 10.0 Å². The molecule has 1 amide bonds. The highest BCUT2D eigenvalue weighted by Gasteiger charge is 2.18. The third-order valence-corrected chi connectivity index (χ3v) is 5.82. The van der Waals surface area contributed by atoms with Crippen molar-refractivity contribution in [3.63, 3.8) is 0 Å². The van der Waals surface area contributed by atoms with Crippen LogP contribution in [0.3, 0.4) is 0 Å². The quantitative estimate of drug-likeness (QED) is 0.533. The van der Waals surface area contributed by atoms with Gasteiger partial charge in [-0.3, -0.25) is 15.6 Å². The van der Waals surface area contributed by atoms with Gasteiger partial charge >= 0.3 is 0 Å². The van der Waals surface area contributed by atoms with E-state index in [1.54, 1.807) is 0 Å². The van der Waals surface area contributed by atoms with Gasteiger partial charge in [0, 0.05) is 25.3 Å². The van der Waals surface area contributed by atoms with E-state index in [0.29, 0.717) is 0 Å². The molecule has 0 aliphatic heterocycles. The molecule has 0 radical (unpaired) electrons. The first-order chi connectivity index (χ1) is 12.6. The van der Waals surface area contributed by atoms with E-state index in [4.69, 9.17) is 12.2 Å². The maximum absolute atomic E-state index is 12.3. The van der Waals surface area contributed by atoms with Gasteiger partial charge in [-0.05, 0) is 61.5 Å². The summed E-state index contributed by atoms with van der Waals surface area (Å²) in [5, 5.41) is 3.23. The van der Waals surface area contributed by atoms with Crippen LogP contribution in [0.25, 0.3) is 0 Å². The number of hydrazine groups is 1. The van der Waals surface area contributed by atoms with Gasteiger partial charge in [0.25, 0.3) is 5.91 Å². The normalized spacial score (nSPS) is 11.1. The van der Waals surface area contributed by atoms with E-state index >= 15 is 0 Å². The Balaban J connectivity index is 2.03.